The Morgan fingerprint density at radius 3 is 2.12 bits per heavy atom. The van der Waals surface area contributed by atoms with Gasteiger partial charge in [-0.15, -0.1) is 0 Å². The molecular weight excluding hydrogens is 527 g/mol. The van der Waals surface area contributed by atoms with Crippen molar-refractivity contribution in [1.29, 1.82) is 0 Å². The molecule has 1 aliphatic heterocycles. The van der Waals surface area contributed by atoms with E-state index in [4.69, 9.17) is 51.1 Å². The van der Waals surface area contributed by atoms with Crippen LogP contribution < -0.4 is 9.64 Å². The molecule has 0 aliphatic carbocycles. The van der Waals surface area contributed by atoms with Crippen molar-refractivity contribution in [3.8, 4) is 5.75 Å². The number of anilines is 1. The lowest BCUT2D eigenvalue weighted by molar-refractivity contribution is -0.132. The molecule has 10 heteroatoms. The molecule has 1 heterocycles. The number of methoxy groups -OCH3 is 1. The van der Waals surface area contributed by atoms with Gasteiger partial charge >= 0.3 is 0 Å². The van der Waals surface area contributed by atoms with Crippen LogP contribution in [0.4, 0.5) is 10.1 Å². The van der Waals surface area contributed by atoms with Crippen LogP contribution in [0.1, 0.15) is 17.2 Å². The van der Waals surface area contributed by atoms with Gasteiger partial charge in [0.15, 0.2) is 5.75 Å². The third-order valence-electron chi connectivity index (χ3n) is 5.25. The molecule has 0 saturated carbocycles. The average molecular weight is 541 g/mol. The lowest BCUT2D eigenvalue weighted by Gasteiger charge is -2.26. The van der Waals surface area contributed by atoms with Crippen molar-refractivity contribution < 1.29 is 23.8 Å². The molecule has 34 heavy (non-hydrogen) atoms. The van der Waals surface area contributed by atoms with E-state index < -0.39 is 29.3 Å². The van der Waals surface area contributed by atoms with Crippen LogP contribution in [0.25, 0.3) is 5.76 Å². The Balaban J connectivity index is 2.00. The summed E-state index contributed by atoms with van der Waals surface area (Å²) in [6, 6.07) is 11.2. The molecule has 3 aromatic rings. The van der Waals surface area contributed by atoms with Gasteiger partial charge < -0.3 is 9.84 Å². The van der Waals surface area contributed by atoms with Crippen molar-refractivity contribution >= 4 is 69.5 Å². The molecule has 0 bridgehead atoms. The van der Waals surface area contributed by atoms with Gasteiger partial charge in [0.25, 0.3) is 11.7 Å². The first-order valence-electron chi connectivity index (χ1n) is 9.69. The number of ketones is 1. The van der Waals surface area contributed by atoms with Crippen molar-refractivity contribution in [1.82, 2.24) is 0 Å². The van der Waals surface area contributed by atoms with E-state index in [1.165, 1.54) is 55.6 Å². The van der Waals surface area contributed by atoms with Gasteiger partial charge in [0.2, 0.25) is 0 Å². The van der Waals surface area contributed by atoms with Crippen molar-refractivity contribution in [2.45, 2.75) is 6.04 Å². The Morgan fingerprint density at radius 2 is 1.56 bits per heavy atom. The smallest absolute Gasteiger partial charge is 0.300 e. The first-order valence-corrected chi connectivity index (χ1v) is 11.2. The SMILES string of the molecule is COc1c(Cl)cc(/C(O)=C2\C(=O)C(=O)N(c3cc(Cl)cc(Cl)c3)C2c2ccccc2F)cc1Cl. The van der Waals surface area contributed by atoms with Crippen LogP contribution in [0.15, 0.2) is 60.2 Å². The maximum atomic E-state index is 14.9. The second kappa shape index (κ2) is 9.47. The fourth-order valence-corrected chi connectivity index (χ4v) is 4.97. The topological polar surface area (TPSA) is 66.8 Å². The van der Waals surface area contributed by atoms with Crippen LogP contribution in [-0.2, 0) is 9.59 Å². The van der Waals surface area contributed by atoms with E-state index in [0.717, 1.165) is 4.90 Å². The number of aliphatic hydroxyl groups is 1. The number of amides is 1. The number of hydrogen-bond acceptors (Lipinski definition) is 4. The molecular formula is C24H14Cl4FNO4. The summed E-state index contributed by atoms with van der Waals surface area (Å²) in [6.07, 6.45) is 0. The molecule has 3 aromatic carbocycles. The zero-order valence-electron chi connectivity index (χ0n) is 17.3. The van der Waals surface area contributed by atoms with E-state index in [-0.39, 0.29) is 48.2 Å². The van der Waals surface area contributed by atoms with Crippen molar-refractivity contribution in [2.75, 3.05) is 12.0 Å². The fraction of sp³-hybridized carbons (Fsp3) is 0.0833. The summed E-state index contributed by atoms with van der Waals surface area (Å²) in [7, 11) is 1.37. The van der Waals surface area contributed by atoms with Crippen LogP contribution in [0.5, 0.6) is 5.75 Å². The lowest BCUT2D eigenvalue weighted by atomic mass is 9.94. The van der Waals surface area contributed by atoms with Gasteiger partial charge in [0, 0.05) is 26.9 Å². The molecule has 1 saturated heterocycles. The molecule has 0 spiro atoms. The standard InChI is InChI=1S/C24H14Cl4FNO4/c1-34-23-16(27)6-11(7-17(23)28)21(31)19-20(15-4-2-3-5-18(15)29)30(24(33)22(19)32)14-9-12(25)8-13(26)10-14/h2-10,20,31H,1H3/b21-19+. The highest BCUT2D eigenvalue weighted by Gasteiger charge is 2.48. The van der Waals surface area contributed by atoms with E-state index in [0.29, 0.717) is 0 Å². The predicted octanol–water partition coefficient (Wildman–Crippen LogP) is 7.07. The first-order chi connectivity index (χ1) is 16.1. The van der Waals surface area contributed by atoms with Crippen LogP contribution in [0.3, 0.4) is 0 Å². The summed E-state index contributed by atoms with van der Waals surface area (Å²) in [5, 5.41) is 11.7. The van der Waals surface area contributed by atoms with E-state index in [1.54, 1.807) is 6.07 Å². The number of ether oxygens (including phenoxy) is 1. The minimum Gasteiger partial charge on any atom is -0.507 e. The Bertz CT molecular complexity index is 1330. The number of benzene rings is 3. The average Bonchev–Trinajstić information content (AvgIpc) is 3.03. The molecule has 174 valence electrons. The van der Waals surface area contributed by atoms with Gasteiger partial charge in [-0.3, -0.25) is 14.5 Å². The van der Waals surface area contributed by atoms with Gasteiger partial charge in [-0.25, -0.2) is 4.39 Å². The molecule has 4 rings (SSSR count). The zero-order valence-corrected chi connectivity index (χ0v) is 20.3. The number of hydrogen-bond donors (Lipinski definition) is 1. The van der Waals surface area contributed by atoms with Crippen molar-refractivity contribution in [3.05, 3.63) is 97.2 Å². The number of halogens is 5. The van der Waals surface area contributed by atoms with Gasteiger partial charge in [0.1, 0.15) is 11.6 Å². The highest BCUT2D eigenvalue weighted by atomic mass is 35.5. The number of Topliss-reactive ketones (excluding diaryl/α,β-unsaturated/α-hetero) is 1. The van der Waals surface area contributed by atoms with Crippen molar-refractivity contribution in [3.63, 3.8) is 0 Å². The second-order valence-electron chi connectivity index (χ2n) is 7.29. The highest BCUT2D eigenvalue weighted by Crippen LogP contribution is 2.45. The van der Waals surface area contributed by atoms with Gasteiger partial charge in [0.05, 0.1) is 28.8 Å². The van der Waals surface area contributed by atoms with E-state index in [1.807, 2.05) is 0 Å². The monoisotopic (exact) mass is 539 g/mol. The van der Waals surface area contributed by atoms with Crippen LogP contribution in [0.2, 0.25) is 20.1 Å². The number of rotatable bonds is 4. The molecule has 1 unspecified atom stereocenters. The summed E-state index contributed by atoms with van der Waals surface area (Å²) in [4.78, 5) is 27.4. The third-order valence-corrected chi connectivity index (χ3v) is 6.24. The Hall–Kier alpha value is -2.77. The Labute approximate surface area is 213 Å². The normalized spacial score (nSPS) is 17.4. The lowest BCUT2D eigenvalue weighted by Crippen LogP contribution is -2.29. The van der Waals surface area contributed by atoms with Crippen LogP contribution in [0, 0.1) is 5.82 Å². The zero-order chi connectivity index (χ0) is 24.7. The molecule has 1 fully saturated rings. The fourth-order valence-electron chi connectivity index (χ4n) is 3.82. The van der Waals surface area contributed by atoms with E-state index in [9.17, 15) is 19.1 Å². The maximum Gasteiger partial charge on any atom is 0.300 e. The molecule has 0 radical (unpaired) electrons. The number of nitrogens with zero attached hydrogens (tertiary/aromatic N) is 1. The van der Waals surface area contributed by atoms with Gasteiger partial charge in [-0.05, 0) is 36.4 Å². The van der Waals surface area contributed by atoms with Crippen molar-refractivity contribution in [2.24, 2.45) is 0 Å². The minimum absolute atomic E-state index is 0.0231. The molecule has 1 atom stereocenters. The summed E-state index contributed by atoms with van der Waals surface area (Å²) in [5.74, 6) is -3.15. The molecule has 1 N–H and O–H groups in total. The van der Waals surface area contributed by atoms with Gasteiger partial charge in [-0.1, -0.05) is 64.6 Å². The number of carbonyl (C=O) groups excluding carboxylic acids is 2. The van der Waals surface area contributed by atoms with E-state index >= 15 is 0 Å². The molecule has 1 amide bonds. The second-order valence-corrected chi connectivity index (χ2v) is 8.98. The Morgan fingerprint density at radius 1 is 0.971 bits per heavy atom. The first kappa shape index (κ1) is 24.4. The highest BCUT2D eigenvalue weighted by molar-refractivity contribution is 6.52. The summed E-state index contributed by atoms with van der Waals surface area (Å²) < 4.78 is 20.1. The molecule has 0 aromatic heterocycles. The summed E-state index contributed by atoms with van der Waals surface area (Å²) >= 11 is 24.6. The van der Waals surface area contributed by atoms with Crippen LogP contribution in [-0.4, -0.2) is 23.9 Å². The molecule has 5 nitrogen and oxygen atoms in total. The number of carbonyl (C=O) groups is 2. The minimum atomic E-state index is -1.32. The quantitative estimate of drug-likeness (QED) is 0.218. The van der Waals surface area contributed by atoms with Crippen LogP contribution >= 0.6 is 46.4 Å². The number of aliphatic hydroxyl groups excluding tert-OH is 1. The molecule has 1 aliphatic rings. The van der Waals surface area contributed by atoms with E-state index in [2.05, 4.69) is 0 Å². The third kappa shape index (κ3) is 4.23. The largest absolute Gasteiger partial charge is 0.507 e. The predicted molar refractivity (Wildman–Crippen MR) is 131 cm³/mol. The summed E-state index contributed by atoms with van der Waals surface area (Å²) in [5.41, 5.74) is -0.189. The maximum absolute atomic E-state index is 14.9. The van der Waals surface area contributed by atoms with Gasteiger partial charge in [-0.2, -0.15) is 0 Å². The Kier molecular flexibility index (Phi) is 6.78. The summed E-state index contributed by atoms with van der Waals surface area (Å²) in [6.45, 7) is 0.